The van der Waals surface area contributed by atoms with Gasteiger partial charge in [0.15, 0.2) is 6.29 Å². The molecule has 0 bridgehead atoms. The van der Waals surface area contributed by atoms with Crippen LogP contribution in [0.1, 0.15) is 50.4 Å². The molecule has 0 saturated heterocycles. The number of phenols is 1. The third-order valence-corrected chi connectivity index (χ3v) is 6.95. The van der Waals surface area contributed by atoms with E-state index in [1.165, 1.54) is 16.8 Å². The lowest BCUT2D eigenvalue weighted by molar-refractivity contribution is -0.104. The van der Waals surface area contributed by atoms with E-state index in [0.717, 1.165) is 51.1 Å². The van der Waals surface area contributed by atoms with Crippen LogP contribution in [0.3, 0.4) is 0 Å². The number of hydrogen-bond acceptors (Lipinski definition) is 8. The number of rotatable bonds is 9. The second-order valence-electron chi connectivity index (χ2n) is 10.8. The van der Waals surface area contributed by atoms with Gasteiger partial charge in [0, 0.05) is 35.9 Å². The van der Waals surface area contributed by atoms with Gasteiger partial charge < -0.3 is 31.3 Å². The molecule has 256 valence electrons. The number of carbonyl (C=O) groups is 1. The second kappa shape index (κ2) is 23.2. The molecular weight excluding hydrogens is 610 g/mol. The van der Waals surface area contributed by atoms with Crippen molar-refractivity contribution in [3.05, 3.63) is 107 Å². The standard InChI is InChI=1S/C21H20N4O2.C9H13N.C5H13N.C2H6.FH2P/c26-13-15-4-3-11-25-12-20(24-21(15)25)18-5-1-2-6-19(18)23-14-22-16-7-9-17(27)10-8-16;1-7-5-4-6-8(2)9(7)10-3;1-5(2)4-6-3;2*1-2/h1-11,13,20,22-23,27H,12,14H2;4-6,10H,1-3H3;5-6H,4H2,1-3H3;1-2H3;2H2. The molecule has 0 fully saturated rings. The lowest BCUT2D eigenvalue weighted by Crippen LogP contribution is -2.26. The highest BCUT2D eigenvalue weighted by Crippen LogP contribution is 2.33. The van der Waals surface area contributed by atoms with E-state index in [-0.39, 0.29) is 11.8 Å². The van der Waals surface area contributed by atoms with Crippen LogP contribution in [0.25, 0.3) is 0 Å². The van der Waals surface area contributed by atoms with Gasteiger partial charge in [-0.05, 0) is 87.0 Å². The Morgan fingerprint density at radius 1 is 0.979 bits per heavy atom. The topological polar surface area (TPSA) is 101 Å². The summed E-state index contributed by atoms with van der Waals surface area (Å²) in [5.41, 5.74) is 7.48. The number of halogens is 1. The number of nitrogens with zero attached hydrogens (tertiary/aromatic N) is 2. The van der Waals surface area contributed by atoms with Gasteiger partial charge >= 0.3 is 0 Å². The highest BCUT2D eigenvalue weighted by atomic mass is 31.1. The fourth-order valence-electron chi connectivity index (χ4n) is 4.88. The smallest absolute Gasteiger partial charge is 0.153 e. The summed E-state index contributed by atoms with van der Waals surface area (Å²) >= 11 is 0. The molecule has 0 aromatic heterocycles. The van der Waals surface area contributed by atoms with Crippen molar-refractivity contribution in [2.75, 3.05) is 49.8 Å². The van der Waals surface area contributed by atoms with Crippen LogP contribution in [0.5, 0.6) is 5.75 Å². The molecule has 0 spiro atoms. The third-order valence-electron chi connectivity index (χ3n) is 6.95. The summed E-state index contributed by atoms with van der Waals surface area (Å²) in [6, 6.07) is 21.3. The van der Waals surface area contributed by atoms with Crippen LogP contribution in [0.2, 0.25) is 0 Å². The Hall–Kier alpha value is -4.20. The summed E-state index contributed by atoms with van der Waals surface area (Å²) < 4.78 is 9.42. The van der Waals surface area contributed by atoms with Crippen molar-refractivity contribution >= 4 is 38.7 Å². The first-order valence-electron chi connectivity index (χ1n) is 15.9. The van der Waals surface area contributed by atoms with E-state index in [1.54, 1.807) is 18.2 Å². The molecule has 2 unspecified atom stereocenters. The highest BCUT2D eigenvalue weighted by molar-refractivity contribution is 7.09. The third kappa shape index (κ3) is 13.6. The molecule has 5 N–H and O–H groups in total. The van der Waals surface area contributed by atoms with Crippen LogP contribution in [-0.4, -0.2) is 56.0 Å². The zero-order valence-electron chi connectivity index (χ0n) is 29.1. The molecule has 2 aliphatic heterocycles. The molecule has 3 aromatic rings. The molecule has 2 aliphatic rings. The molecule has 0 saturated carbocycles. The number of carbonyl (C=O) groups excluding carboxylic acids is 1. The first-order valence-corrected chi connectivity index (χ1v) is 16.4. The minimum atomic E-state index is -0.0385. The van der Waals surface area contributed by atoms with Crippen LogP contribution >= 0.6 is 9.55 Å². The minimum absolute atomic E-state index is 0.0385. The summed E-state index contributed by atoms with van der Waals surface area (Å²) in [7, 11) is 4.84. The van der Waals surface area contributed by atoms with Gasteiger partial charge in [-0.15, -0.1) is 0 Å². The summed E-state index contributed by atoms with van der Waals surface area (Å²) in [4.78, 5) is 18.1. The maximum absolute atomic E-state index is 11.3. The fourth-order valence-corrected chi connectivity index (χ4v) is 4.88. The number of anilines is 3. The number of fused-ring (bicyclic) bond motifs is 1. The van der Waals surface area contributed by atoms with Gasteiger partial charge in [0.25, 0.3) is 0 Å². The average molecular weight is 665 g/mol. The Bertz CT molecular complexity index is 1410. The SMILES string of the molecule is CC.CNCC(C)C.CNc1c(C)cccc1C.FP.O=CC1=CC=CN2CC(c3ccccc3NCNc3ccc(O)cc3)N=C12. The molecule has 3 aromatic carbocycles. The average Bonchev–Trinajstić information content (AvgIpc) is 3.53. The summed E-state index contributed by atoms with van der Waals surface area (Å²) in [5.74, 6) is 1.76. The number of allylic oxidation sites excluding steroid dienone is 2. The molecule has 5 rings (SSSR count). The Morgan fingerprint density at radius 3 is 2.15 bits per heavy atom. The first-order chi connectivity index (χ1) is 22.8. The molecule has 8 nitrogen and oxygen atoms in total. The molecule has 2 heterocycles. The summed E-state index contributed by atoms with van der Waals surface area (Å²) in [6.45, 7) is 15.0. The van der Waals surface area contributed by atoms with E-state index in [0.29, 0.717) is 18.8 Å². The van der Waals surface area contributed by atoms with E-state index in [9.17, 15) is 14.1 Å². The number of aromatic hydroxyl groups is 1. The van der Waals surface area contributed by atoms with Crippen LogP contribution < -0.4 is 21.3 Å². The molecule has 10 heteroatoms. The Kier molecular flexibility index (Phi) is 20.1. The Labute approximate surface area is 284 Å². The quantitative estimate of drug-likeness (QED) is 0.0680. The number of nitrogens with one attached hydrogen (secondary N) is 4. The van der Waals surface area contributed by atoms with Gasteiger partial charge in [-0.2, -0.15) is 0 Å². The van der Waals surface area contributed by atoms with E-state index in [2.05, 4.69) is 73.2 Å². The molecule has 2 atom stereocenters. The van der Waals surface area contributed by atoms with Crippen molar-refractivity contribution in [2.45, 2.75) is 47.6 Å². The number of para-hydroxylation sites is 2. The van der Waals surface area contributed by atoms with Gasteiger partial charge in [-0.25, -0.2) is 4.20 Å². The van der Waals surface area contributed by atoms with Crippen LogP contribution in [0.15, 0.2) is 95.6 Å². The Balaban J connectivity index is 0.000000455. The van der Waals surface area contributed by atoms with Crippen LogP contribution in [0, 0.1) is 19.8 Å². The molecule has 0 radical (unpaired) electrons. The number of phenolic OH excluding ortho intramolecular Hbond substituents is 1. The van der Waals surface area contributed by atoms with Crippen LogP contribution in [-0.2, 0) is 4.79 Å². The number of hydrogen-bond donors (Lipinski definition) is 5. The van der Waals surface area contributed by atoms with Gasteiger partial charge in [0.05, 0.1) is 34.4 Å². The largest absolute Gasteiger partial charge is 0.508 e. The van der Waals surface area contributed by atoms with E-state index >= 15 is 0 Å². The first kappa shape index (κ1) is 40.8. The van der Waals surface area contributed by atoms with Crippen molar-refractivity contribution in [2.24, 2.45) is 10.9 Å². The molecule has 47 heavy (non-hydrogen) atoms. The van der Waals surface area contributed by atoms with Gasteiger partial charge in [0.1, 0.15) is 11.6 Å². The number of amidine groups is 1. The molecule has 0 amide bonds. The minimum Gasteiger partial charge on any atom is -0.508 e. The van der Waals surface area contributed by atoms with E-state index in [1.807, 2.05) is 75.5 Å². The number of benzene rings is 3. The predicted molar refractivity (Wildman–Crippen MR) is 203 cm³/mol. The fraction of sp³-hybridized carbons (Fsp3) is 0.351. The van der Waals surface area contributed by atoms with Gasteiger partial charge in [-0.3, -0.25) is 9.79 Å². The van der Waals surface area contributed by atoms with Gasteiger partial charge in [-0.1, -0.05) is 64.1 Å². The van der Waals surface area contributed by atoms with Crippen LogP contribution in [0.4, 0.5) is 21.3 Å². The number of aryl methyl sites for hydroxylation is 2. The zero-order chi connectivity index (χ0) is 35.2. The van der Waals surface area contributed by atoms with Crippen molar-refractivity contribution < 1.29 is 14.1 Å². The molecular formula is C37H54FN6O2P. The second-order valence-corrected chi connectivity index (χ2v) is 10.8. The van der Waals surface area contributed by atoms with Crippen molar-refractivity contribution in [1.82, 2.24) is 10.2 Å². The van der Waals surface area contributed by atoms with Crippen molar-refractivity contribution in [1.29, 1.82) is 0 Å². The van der Waals surface area contributed by atoms with Crippen molar-refractivity contribution in [3.8, 4) is 5.75 Å². The highest BCUT2D eigenvalue weighted by Gasteiger charge is 2.29. The maximum atomic E-state index is 11.3. The number of aldehydes is 1. The summed E-state index contributed by atoms with van der Waals surface area (Å²) in [6.07, 6.45) is 6.46. The van der Waals surface area contributed by atoms with Gasteiger partial charge in [0.2, 0.25) is 0 Å². The monoisotopic (exact) mass is 664 g/mol. The zero-order valence-corrected chi connectivity index (χ0v) is 30.3. The molecule has 0 aliphatic carbocycles. The predicted octanol–water partition coefficient (Wildman–Crippen LogP) is 8.26. The van der Waals surface area contributed by atoms with E-state index < -0.39 is 0 Å². The number of aliphatic imine (C=N–C) groups is 1. The maximum Gasteiger partial charge on any atom is 0.153 e. The lowest BCUT2D eigenvalue weighted by atomic mass is 10.1. The lowest BCUT2D eigenvalue weighted by Gasteiger charge is -2.19. The summed E-state index contributed by atoms with van der Waals surface area (Å²) in [5, 5.41) is 22.2. The van der Waals surface area contributed by atoms with E-state index in [4.69, 9.17) is 4.99 Å². The normalized spacial score (nSPS) is 13.8. The van der Waals surface area contributed by atoms with Crippen molar-refractivity contribution in [3.63, 3.8) is 0 Å². The Morgan fingerprint density at radius 2 is 1.62 bits per heavy atom.